The topological polar surface area (TPSA) is 85.4 Å². The Morgan fingerprint density at radius 3 is 2.24 bits per heavy atom. The molecule has 0 N–H and O–H groups in total. The lowest BCUT2D eigenvalue weighted by molar-refractivity contribution is -0.127. The molecule has 0 radical (unpaired) electrons. The largest absolute Gasteiger partial charge is 0.513 e. The number of rotatable bonds is 4. The van der Waals surface area contributed by atoms with Crippen LogP contribution in [-0.2, 0) is 14.3 Å². The summed E-state index contributed by atoms with van der Waals surface area (Å²) < 4.78 is 15.0. The number of hydrogen-bond acceptors (Lipinski definition) is 6. The van der Waals surface area contributed by atoms with Crippen LogP contribution in [0, 0.1) is 0 Å². The number of piperazine rings is 1. The molecule has 2 amide bonds. The number of carbonyl (C=O) groups excluding carboxylic acids is 3. The van der Waals surface area contributed by atoms with Gasteiger partial charge in [0.1, 0.15) is 5.75 Å². The molecule has 2 aliphatic rings. The predicted octanol–water partition coefficient (Wildman–Crippen LogP) is 2.24. The number of nitrogens with zero attached hydrogens (tertiary/aromatic N) is 2. The summed E-state index contributed by atoms with van der Waals surface area (Å²) in [6, 6.07) is 6.35. The van der Waals surface area contributed by atoms with Crippen LogP contribution in [0.2, 0.25) is 0 Å². The number of carbonyl (C=O) groups is 3. The summed E-state index contributed by atoms with van der Waals surface area (Å²) in [5.74, 6) is 0.216. The fourth-order valence-electron chi connectivity index (χ4n) is 3.27. The van der Waals surface area contributed by atoms with E-state index in [0.29, 0.717) is 50.7 Å². The van der Waals surface area contributed by atoms with Gasteiger partial charge in [-0.25, -0.2) is 4.79 Å². The SMILES string of the molecule is CCOC(=O)Oc1ccc(C(=O)N2CCN(C(=O)C=C3CCOCC3)CC2)cc1. The molecule has 8 nitrogen and oxygen atoms in total. The van der Waals surface area contributed by atoms with Crippen molar-refractivity contribution in [2.45, 2.75) is 19.8 Å². The quantitative estimate of drug-likeness (QED) is 0.436. The van der Waals surface area contributed by atoms with Crippen molar-refractivity contribution in [3.63, 3.8) is 0 Å². The maximum Gasteiger partial charge on any atom is 0.513 e. The van der Waals surface area contributed by atoms with Gasteiger partial charge >= 0.3 is 6.16 Å². The Morgan fingerprint density at radius 2 is 1.62 bits per heavy atom. The van der Waals surface area contributed by atoms with Crippen LogP contribution in [0.15, 0.2) is 35.9 Å². The van der Waals surface area contributed by atoms with E-state index in [9.17, 15) is 14.4 Å². The summed E-state index contributed by atoms with van der Waals surface area (Å²) in [7, 11) is 0. The van der Waals surface area contributed by atoms with Gasteiger partial charge in [-0.2, -0.15) is 0 Å². The van der Waals surface area contributed by atoms with Gasteiger partial charge in [-0.15, -0.1) is 0 Å². The number of ether oxygens (including phenoxy) is 3. The smallest absolute Gasteiger partial charge is 0.434 e. The van der Waals surface area contributed by atoms with Crippen LogP contribution in [-0.4, -0.2) is 73.8 Å². The van der Waals surface area contributed by atoms with Crippen molar-refractivity contribution in [1.29, 1.82) is 0 Å². The average molecular weight is 402 g/mol. The summed E-state index contributed by atoms with van der Waals surface area (Å²) in [6.45, 7) is 5.25. The maximum atomic E-state index is 12.7. The molecule has 2 heterocycles. The molecular formula is C21H26N2O6. The minimum absolute atomic E-state index is 0.00876. The summed E-state index contributed by atoms with van der Waals surface area (Å²) in [5, 5.41) is 0. The molecule has 8 heteroatoms. The second-order valence-corrected chi connectivity index (χ2v) is 6.84. The Morgan fingerprint density at radius 1 is 1.00 bits per heavy atom. The molecule has 0 spiro atoms. The van der Waals surface area contributed by atoms with E-state index < -0.39 is 6.16 Å². The van der Waals surface area contributed by atoms with Crippen LogP contribution >= 0.6 is 0 Å². The van der Waals surface area contributed by atoms with E-state index in [2.05, 4.69) is 0 Å². The second-order valence-electron chi connectivity index (χ2n) is 6.84. The highest BCUT2D eigenvalue weighted by molar-refractivity contribution is 5.95. The molecule has 3 rings (SSSR count). The van der Waals surface area contributed by atoms with Crippen molar-refractivity contribution in [2.24, 2.45) is 0 Å². The van der Waals surface area contributed by atoms with Crippen molar-refractivity contribution >= 4 is 18.0 Å². The highest BCUT2D eigenvalue weighted by atomic mass is 16.7. The van der Waals surface area contributed by atoms with Crippen molar-refractivity contribution in [3.8, 4) is 5.75 Å². The lowest BCUT2D eigenvalue weighted by atomic mass is 10.1. The van der Waals surface area contributed by atoms with Crippen molar-refractivity contribution in [3.05, 3.63) is 41.5 Å². The molecule has 156 valence electrons. The van der Waals surface area contributed by atoms with Gasteiger partial charge in [-0.1, -0.05) is 5.57 Å². The van der Waals surface area contributed by atoms with Gasteiger partial charge in [-0.05, 0) is 44.0 Å². The van der Waals surface area contributed by atoms with E-state index in [1.165, 1.54) is 0 Å². The maximum absolute atomic E-state index is 12.7. The fraction of sp³-hybridized carbons (Fsp3) is 0.476. The first-order chi connectivity index (χ1) is 14.1. The number of amides is 2. The third-order valence-corrected chi connectivity index (χ3v) is 4.91. The predicted molar refractivity (Wildman–Crippen MR) is 105 cm³/mol. The van der Waals surface area contributed by atoms with Crippen LogP contribution < -0.4 is 4.74 Å². The monoisotopic (exact) mass is 402 g/mol. The molecule has 29 heavy (non-hydrogen) atoms. The zero-order chi connectivity index (χ0) is 20.6. The molecule has 1 aromatic carbocycles. The van der Waals surface area contributed by atoms with Gasteiger partial charge in [0.25, 0.3) is 5.91 Å². The summed E-state index contributed by atoms with van der Waals surface area (Å²) in [5.41, 5.74) is 1.63. The lowest BCUT2D eigenvalue weighted by Gasteiger charge is -2.34. The molecule has 0 bridgehead atoms. The third-order valence-electron chi connectivity index (χ3n) is 4.91. The standard InChI is InChI=1S/C21H26N2O6/c1-2-28-21(26)29-18-5-3-17(4-6-18)20(25)23-11-9-22(10-12-23)19(24)15-16-7-13-27-14-8-16/h3-6,15H,2,7-14H2,1H3. The van der Waals surface area contributed by atoms with Gasteiger partial charge in [0.05, 0.1) is 19.8 Å². The van der Waals surface area contributed by atoms with E-state index in [0.717, 1.165) is 18.4 Å². The summed E-state index contributed by atoms with van der Waals surface area (Å²) in [4.78, 5) is 40.0. The molecule has 2 saturated heterocycles. The first-order valence-electron chi connectivity index (χ1n) is 9.87. The van der Waals surface area contributed by atoms with Crippen molar-refractivity contribution in [1.82, 2.24) is 9.80 Å². The van der Waals surface area contributed by atoms with Crippen LogP contribution in [0.3, 0.4) is 0 Å². The van der Waals surface area contributed by atoms with Crippen LogP contribution in [0.25, 0.3) is 0 Å². The normalized spacial score (nSPS) is 16.9. The molecule has 2 fully saturated rings. The van der Waals surface area contributed by atoms with E-state index in [4.69, 9.17) is 14.2 Å². The van der Waals surface area contributed by atoms with Crippen molar-refractivity contribution < 1.29 is 28.6 Å². The Labute approximate surface area is 170 Å². The molecule has 0 unspecified atom stereocenters. The first kappa shape index (κ1) is 20.9. The van der Waals surface area contributed by atoms with E-state index in [-0.39, 0.29) is 18.4 Å². The second kappa shape index (κ2) is 10.1. The molecular weight excluding hydrogens is 376 g/mol. The molecule has 2 aliphatic heterocycles. The first-order valence-corrected chi connectivity index (χ1v) is 9.87. The molecule has 1 aromatic rings. The van der Waals surface area contributed by atoms with E-state index in [1.54, 1.807) is 47.1 Å². The zero-order valence-electron chi connectivity index (χ0n) is 16.6. The molecule has 0 aliphatic carbocycles. The molecule has 0 aromatic heterocycles. The van der Waals surface area contributed by atoms with Crippen molar-refractivity contribution in [2.75, 3.05) is 46.0 Å². The summed E-state index contributed by atoms with van der Waals surface area (Å²) >= 11 is 0. The average Bonchev–Trinajstić information content (AvgIpc) is 2.75. The van der Waals surface area contributed by atoms with E-state index >= 15 is 0 Å². The Balaban J connectivity index is 1.50. The number of benzene rings is 1. The van der Waals surface area contributed by atoms with Gasteiger partial charge in [0, 0.05) is 37.8 Å². The third kappa shape index (κ3) is 5.80. The lowest BCUT2D eigenvalue weighted by Crippen LogP contribution is -2.50. The number of hydrogen-bond donors (Lipinski definition) is 0. The van der Waals surface area contributed by atoms with Gasteiger partial charge in [0.2, 0.25) is 5.91 Å². The van der Waals surface area contributed by atoms with Gasteiger partial charge < -0.3 is 24.0 Å². The highest BCUT2D eigenvalue weighted by Crippen LogP contribution is 2.17. The Kier molecular flexibility index (Phi) is 7.24. The van der Waals surface area contributed by atoms with Crippen LogP contribution in [0.4, 0.5) is 4.79 Å². The highest BCUT2D eigenvalue weighted by Gasteiger charge is 2.24. The Hall–Kier alpha value is -2.87. The van der Waals surface area contributed by atoms with Crippen LogP contribution in [0.5, 0.6) is 5.75 Å². The Bertz CT molecular complexity index is 758. The minimum atomic E-state index is -0.775. The van der Waals surface area contributed by atoms with Gasteiger partial charge in [0.15, 0.2) is 0 Å². The minimum Gasteiger partial charge on any atom is -0.434 e. The zero-order valence-corrected chi connectivity index (χ0v) is 16.6. The van der Waals surface area contributed by atoms with Crippen LogP contribution in [0.1, 0.15) is 30.1 Å². The molecule has 0 atom stereocenters. The van der Waals surface area contributed by atoms with Gasteiger partial charge in [-0.3, -0.25) is 9.59 Å². The summed E-state index contributed by atoms with van der Waals surface area (Å²) in [6.07, 6.45) is 2.56. The van der Waals surface area contributed by atoms with E-state index in [1.807, 2.05) is 0 Å². The molecule has 0 saturated carbocycles. The fourth-order valence-corrected chi connectivity index (χ4v) is 3.27.